The summed E-state index contributed by atoms with van der Waals surface area (Å²) in [6.45, 7) is 1.73. The molecule has 0 spiro atoms. The van der Waals surface area contributed by atoms with E-state index in [-0.39, 0.29) is 5.56 Å². The molecule has 1 aliphatic rings. The summed E-state index contributed by atoms with van der Waals surface area (Å²) in [4.78, 5) is 11.1. The standard InChI is InChI=1S/C12H13FO3/c1-7-5-9(13)8(6-10(7)16-2)12(3-4-12)11(14)15/h5-6H,3-4H2,1-2H3,(H,14,15). The van der Waals surface area contributed by atoms with Crippen molar-refractivity contribution in [2.45, 2.75) is 25.2 Å². The van der Waals surface area contributed by atoms with Crippen LogP contribution in [0.3, 0.4) is 0 Å². The van der Waals surface area contributed by atoms with Gasteiger partial charge in [0.2, 0.25) is 0 Å². The van der Waals surface area contributed by atoms with Gasteiger partial charge in [-0.1, -0.05) is 0 Å². The van der Waals surface area contributed by atoms with Crippen LogP contribution in [-0.2, 0) is 10.2 Å². The minimum Gasteiger partial charge on any atom is -0.496 e. The summed E-state index contributed by atoms with van der Waals surface area (Å²) in [6, 6.07) is 2.84. The maximum absolute atomic E-state index is 13.7. The van der Waals surface area contributed by atoms with Gasteiger partial charge in [0.05, 0.1) is 12.5 Å². The number of aryl methyl sites for hydroxylation is 1. The molecule has 16 heavy (non-hydrogen) atoms. The molecule has 0 heterocycles. The third kappa shape index (κ3) is 1.45. The number of carbonyl (C=O) groups is 1. The molecular weight excluding hydrogens is 211 g/mol. The molecule has 0 bridgehead atoms. The quantitative estimate of drug-likeness (QED) is 0.856. The number of carboxylic acid groups (broad SMARTS) is 1. The summed E-state index contributed by atoms with van der Waals surface area (Å²) >= 11 is 0. The van der Waals surface area contributed by atoms with Crippen LogP contribution in [0.4, 0.5) is 4.39 Å². The van der Waals surface area contributed by atoms with Gasteiger partial charge in [-0.25, -0.2) is 4.39 Å². The van der Waals surface area contributed by atoms with Crippen molar-refractivity contribution in [3.8, 4) is 5.75 Å². The Balaban J connectivity index is 2.53. The van der Waals surface area contributed by atoms with Crippen LogP contribution in [0.1, 0.15) is 24.0 Å². The minimum absolute atomic E-state index is 0.238. The molecule has 3 nitrogen and oxygen atoms in total. The van der Waals surface area contributed by atoms with Gasteiger partial charge < -0.3 is 9.84 Å². The van der Waals surface area contributed by atoms with E-state index in [0.717, 1.165) is 0 Å². The molecule has 0 unspecified atom stereocenters. The van der Waals surface area contributed by atoms with Crippen LogP contribution in [0, 0.1) is 12.7 Å². The van der Waals surface area contributed by atoms with Crippen molar-refractivity contribution in [1.82, 2.24) is 0 Å². The fraction of sp³-hybridized carbons (Fsp3) is 0.417. The molecule has 0 aromatic heterocycles. The fourth-order valence-electron chi connectivity index (χ4n) is 1.96. The Bertz CT molecular complexity index is 450. The van der Waals surface area contributed by atoms with E-state index in [9.17, 15) is 9.18 Å². The van der Waals surface area contributed by atoms with Gasteiger partial charge in [-0.3, -0.25) is 4.79 Å². The maximum atomic E-state index is 13.7. The fourth-order valence-corrected chi connectivity index (χ4v) is 1.96. The molecule has 1 saturated carbocycles. The first-order chi connectivity index (χ1) is 7.51. The molecule has 1 fully saturated rings. The van der Waals surface area contributed by atoms with Gasteiger partial charge in [0, 0.05) is 5.56 Å². The third-order valence-electron chi connectivity index (χ3n) is 3.16. The van der Waals surface area contributed by atoms with E-state index in [2.05, 4.69) is 0 Å². The number of halogens is 1. The lowest BCUT2D eigenvalue weighted by Gasteiger charge is -2.14. The summed E-state index contributed by atoms with van der Waals surface area (Å²) in [7, 11) is 1.49. The molecule has 1 aromatic carbocycles. The van der Waals surface area contributed by atoms with Crippen molar-refractivity contribution in [1.29, 1.82) is 0 Å². The Morgan fingerprint density at radius 2 is 2.12 bits per heavy atom. The highest BCUT2D eigenvalue weighted by atomic mass is 19.1. The van der Waals surface area contributed by atoms with Crippen molar-refractivity contribution < 1.29 is 19.0 Å². The van der Waals surface area contributed by atoms with Crippen LogP contribution in [0.15, 0.2) is 12.1 Å². The van der Waals surface area contributed by atoms with Crippen LogP contribution < -0.4 is 4.74 Å². The average Bonchev–Trinajstić information content (AvgIpc) is 2.99. The SMILES string of the molecule is COc1cc(C2(C(=O)O)CC2)c(F)cc1C. The van der Waals surface area contributed by atoms with Gasteiger partial charge in [0.15, 0.2) is 0 Å². The topological polar surface area (TPSA) is 46.5 Å². The highest BCUT2D eigenvalue weighted by Gasteiger charge is 2.53. The molecule has 0 aliphatic heterocycles. The molecule has 1 aromatic rings. The highest BCUT2D eigenvalue weighted by molar-refractivity contribution is 5.85. The molecule has 0 radical (unpaired) electrons. The van der Waals surface area contributed by atoms with Crippen LogP contribution >= 0.6 is 0 Å². The molecule has 1 N–H and O–H groups in total. The van der Waals surface area contributed by atoms with Gasteiger partial charge in [-0.05, 0) is 37.5 Å². The Morgan fingerprint density at radius 3 is 2.56 bits per heavy atom. The predicted octanol–water partition coefficient (Wildman–Crippen LogP) is 2.26. The number of hydrogen-bond acceptors (Lipinski definition) is 2. The molecule has 4 heteroatoms. The van der Waals surface area contributed by atoms with Crippen LogP contribution in [0.25, 0.3) is 0 Å². The Morgan fingerprint density at radius 1 is 1.50 bits per heavy atom. The van der Waals surface area contributed by atoms with Crippen LogP contribution in [0.5, 0.6) is 5.75 Å². The van der Waals surface area contributed by atoms with Crippen LogP contribution in [0.2, 0.25) is 0 Å². The second-order valence-electron chi connectivity index (χ2n) is 4.19. The number of benzene rings is 1. The van der Waals surface area contributed by atoms with E-state index in [0.29, 0.717) is 24.2 Å². The monoisotopic (exact) mass is 224 g/mol. The number of carboxylic acids is 1. The van der Waals surface area contributed by atoms with E-state index in [4.69, 9.17) is 9.84 Å². The normalized spacial score (nSPS) is 16.9. The van der Waals surface area contributed by atoms with Gasteiger partial charge in [-0.2, -0.15) is 0 Å². The lowest BCUT2D eigenvalue weighted by atomic mass is 9.94. The first-order valence-electron chi connectivity index (χ1n) is 5.09. The molecular formula is C12H13FO3. The van der Waals surface area contributed by atoms with Crippen molar-refractivity contribution in [3.05, 3.63) is 29.1 Å². The smallest absolute Gasteiger partial charge is 0.314 e. The van der Waals surface area contributed by atoms with E-state index in [1.165, 1.54) is 19.2 Å². The molecule has 0 saturated heterocycles. The number of ether oxygens (including phenoxy) is 1. The van der Waals surface area contributed by atoms with Gasteiger partial charge in [0.25, 0.3) is 0 Å². The summed E-state index contributed by atoms with van der Waals surface area (Å²) in [5.74, 6) is -0.889. The maximum Gasteiger partial charge on any atom is 0.314 e. The number of aliphatic carboxylic acids is 1. The molecule has 0 amide bonds. The molecule has 1 aliphatic carbocycles. The number of rotatable bonds is 3. The van der Waals surface area contributed by atoms with Crippen molar-refractivity contribution in [2.24, 2.45) is 0 Å². The summed E-state index contributed by atoms with van der Waals surface area (Å²) in [5.41, 5.74) is -0.113. The Kier molecular flexibility index (Phi) is 2.37. The van der Waals surface area contributed by atoms with Crippen molar-refractivity contribution in [2.75, 3.05) is 7.11 Å². The second-order valence-corrected chi connectivity index (χ2v) is 4.19. The lowest BCUT2D eigenvalue weighted by molar-refractivity contribution is -0.140. The van der Waals surface area contributed by atoms with E-state index < -0.39 is 17.2 Å². The number of hydrogen-bond donors (Lipinski definition) is 1. The van der Waals surface area contributed by atoms with Crippen molar-refractivity contribution >= 4 is 5.97 Å². The second kappa shape index (κ2) is 3.47. The number of methoxy groups -OCH3 is 1. The first kappa shape index (κ1) is 10.9. The largest absolute Gasteiger partial charge is 0.496 e. The zero-order valence-electron chi connectivity index (χ0n) is 9.21. The summed E-state index contributed by atoms with van der Waals surface area (Å²) in [6.07, 6.45) is 0.983. The zero-order valence-corrected chi connectivity index (χ0v) is 9.21. The van der Waals surface area contributed by atoms with Gasteiger partial charge >= 0.3 is 5.97 Å². The Hall–Kier alpha value is -1.58. The van der Waals surface area contributed by atoms with Gasteiger partial charge in [0.1, 0.15) is 11.6 Å². The van der Waals surface area contributed by atoms with E-state index >= 15 is 0 Å². The summed E-state index contributed by atoms with van der Waals surface area (Å²) in [5, 5.41) is 9.11. The van der Waals surface area contributed by atoms with E-state index in [1.807, 2.05) is 0 Å². The summed E-state index contributed by atoms with van der Waals surface area (Å²) < 4.78 is 18.8. The molecule has 86 valence electrons. The highest BCUT2D eigenvalue weighted by Crippen LogP contribution is 2.50. The van der Waals surface area contributed by atoms with Crippen LogP contribution in [-0.4, -0.2) is 18.2 Å². The van der Waals surface area contributed by atoms with E-state index in [1.54, 1.807) is 6.92 Å². The Labute approximate surface area is 92.9 Å². The molecule has 0 atom stereocenters. The molecule has 2 rings (SSSR count). The van der Waals surface area contributed by atoms with Crippen molar-refractivity contribution in [3.63, 3.8) is 0 Å². The predicted molar refractivity (Wildman–Crippen MR) is 56.2 cm³/mol. The average molecular weight is 224 g/mol. The third-order valence-corrected chi connectivity index (χ3v) is 3.16. The zero-order chi connectivity index (χ0) is 11.9. The minimum atomic E-state index is -1.02. The lowest BCUT2D eigenvalue weighted by Crippen LogP contribution is -2.21. The first-order valence-corrected chi connectivity index (χ1v) is 5.09. The van der Waals surface area contributed by atoms with Gasteiger partial charge in [-0.15, -0.1) is 0 Å².